The molecule has 0 spiro atoms. The highest BCUT2D eigenvalue weighted by molar-refractivity contribution is 5.87. The standard InChI is InChI=1S/C12H18O/c1-5-8-12(4)10(9(2)3)6-7-11(12)13/h1,9-10H,6-8H2,2-4H3/t10-,12-/m0/s1. The fourth-order valence-corrected chi connectivity index (χ4v) is 2.61. The molecule has 1 aliphatic rings. The van der Waals surface area contributed by atoms with Crippen molar-refractivity contribution in [3.05, 3.63) is 0 Å². The third-order valence-electron chi connectivity index (χ3n) is 3.41. The number of ketones is 1. The Kier molecular flexibility index (Phi) is 2.81. The number of hydrogen-bond acceptors (Lipinski definition) is 1. The minimum absolute atomic E-state index is 0.233. The third kappa shape index (κ3) is 1.63. The lowest BCUT2D eigenvalue weighted by Crippen LogP contribution is -2.31. The Morgan fingerprint density at radius 1 is 1.69 bits per heavy atom. The molecule has 0 aromatic heterocycles. The second-order valence-corrected chi connectivity index (χ2v) is 4.61. The molecule has 0 unspecified atom stereocenters. The van der Waals surface area contributed by atoms with Crippen molar-refractivity contribution in [2.75, 3.05) is 0 Å². The van der Waals surface area contributed by atoms with Crippen molar-refractivity contribution >= 4 is 5.78 Å². The molecule has 13 heavy (non-hydrogen) atoms. The first-order chi connectivity index (χ1) is 6.02. The molecular formula is C12H18O. The lowest BCUT2D eigenvalue weighted by molar-refractivity contribution is -0.126. The van der Waals surface area contributed by atoms with E-state index >= 15 is 0 Å². The van der Waals surface area contributed by atoms with Gasteiger partial charge in [-0.3, -0.25) is 4.79 Å². The maximum Gasteiger partial charge on any atom is 0.140 e. The number of terminal acetylenes is 1. The molecule has 0 aliphatic heterocycles. The van der Waals surface area contributed by atoms with E-state index in [0.717, 1.165) is 12.8 Å². The average molecular weight is 178 g/mol. The highest BCUT2D eigenvalue weighted by Crippen LogP contribution is 2.46. The monoisotopic (exact) mass is 178 g/mol. The summed E-state index contributed by atoms with van der Waals surface area (Å²) in [6.45, 7) is 6.39. The third-order valence-corrected chi connectivity index (χ3v) is 3.41. The highest BCUT2D eigenvalue weighted by atomic mass is 16.1. The van der Waals surface area contributed by atoms with E-state index in [0.29, 0.717) is 24.0 Å². The van der Waals surface area contributed by atoms with Crippen LogP contribution in [0, 0.1) is 29.6 Å². The topological polar surface area (TPSA) is 17.1 Å². The summed E-state index contributed by atoms with van der Waals surface area (Å²) in [7, 11) is 0. The summed E-state index contributed by atoms with van der Waals surface area (Å²) < 4.78 is 0. The molecule has 0 amide bonds. The van der Waals surface area contributed by atoms with E-state index in [1.807, 2.05) is 6.92 Å². The Morgan fingerprint density at radius 3 is 2.77 bits per heavy atom. The molecule has 0 N–H and O–H groups in total. The van der Waals surface area contributed by atoms with E-state index in [-0.39, 0.29) is 5.41 Å². The summed E-state index contributed by atoms with van der Waals surface area (Å²) in [4.78, 5) is 11.7. The second kappa shape index (κ2) is 3.54. The van der Waals surface area contributed by atoms with Crippen molar-refractivity contribution < 1.29 is 4.79 Å². The second-order valence-electron chi connectivity index (χ2n) is 4.61. The molecule has 1 saturated carbocycles. The van der Waals surface area contributed by atoms with Crippen molar-refractivity contribution in [1.29, 1.82) is 0 Å². The first-order valence-corrected chi connectivity index (χ1v) is 4.99. The highest BCUT2D eigenvalue weighted by Gasteiger charge is 2.46. The fraction of sp³-hybridized carbons (Fsp3) is 0.750. The van der Waals surface area contributed by atoms with Crippen LogP contribution in [0.2, 0.25) is 0 Å². The molecule has 0 radical (unpaired) electrons. The number of Topliss-reactive ketones (excluding diaryl/α,β-unsaturated/α-hetero) is 1. The molecular weight excluding hydrogens is 160 g/mol. The van der Waals surface area contributed by atoms with E-state index in [9.17, 15) is 4.79 Å². The van der Waals surface area contributed by atoms with Crippen LogP contribution in [0.5, 0.6) is 0 Å². The zero-order valence-electron chi connectivity index (χ0n) is 8.76. The quantitative estimate of drug-likeness (QED) is 0.594. The van der Waals surface area contributed by atoms with Crippen LogP contribution in [-0.2, 0) is 4.79 Å². The van der Waals surface area contributed by atoms with Gasteiger partial charge in [-0.25, -0.2) is 0 Å². The SMILES string of the molecule is C#CC[C@]1(C)C(=O)CC[C@H]1C(C)C. The van der Waals surface area contributed by atoms with Crippen LogP contribution in [0.4, 0.5) is 0 Å². The molecule has 72 valence electrons. The predicted molar refractivity (Wildman–Crippen MR) is 54.1 cm³/mol. The Balaban J connectivity index is 2.89. The largest absolute Gasteiger partial charge is 0.299 e. The first-order valence-electron chi connectivity index (χ1n) is 4.99. The van der Waals surface area contributed by atoms with Gasteiger partial charge in [-0.2, -0.15) is 0 Å². The van der Waals surface area contributed by atoms with Crippen LogP contribution in [-0.4, -0.2) is 5.78 Å². The van der Waals surface area contributed by atoms with Crippen molar-refractivity contribution in [2.45, 2.75) is 40.0 Å². The summed E-state index contributed by atoms with van der Waals surface area (Å²) in [6, 6.07) is 0. The van der Waals surface area contributed by atoms with Gasteiger partial charge in [0, 0.05) is 18.3 Å². The van der Waals surface area contributed by atoms with Crippen LogP contribution >= 0.6 is 0 Å². The summed E-state index contributed by atoms with van der Waals surface area (Å²) in [6.07, 6.45) is 7.67. The average Bonchev–Trinajstić information content (AvgIpc) is 2.29. The summed E-state index contributed by atoms with van der Waals surface area (Å²) in [5.74, 6) is 4.05. The lowest BCUT2D eigenvalue weighted by atomic mass is 9.71. The van der Waals surface area contributed by atoms with Crippen LogP contribution in [0.1, 0.15) is 40.0 Å². The van der Waals surface area contributed by atoms with Gasteiger partial charge < -0.3 is 0 Å². The smallest absolute Gasteiger partial charge is 0.140 e. The molecule has 0 heterocycles. The van der Waals surface area contributed by atoms with Crippen molar-refractivity contribution in [3.63, 3.8) is 0 Å². The molecule has 2 atom stereocenters. The number of hydrogen-bond donors (Lipinski definition) is 0. The van der Waals surface area contributed by atoms with Gasteiger partial charge in [-0.05, 0) is 18.3 Å². The van der Waals surface area contributed by atoms with Gasteiger partial charge in [0.2, 0.25) is 0 Å². The van der Waals surface area contributed by atoms with Crippen molar-refractivity contribution in [1.82, 2.24) is 0 Å². The van der Waals surface area contributed by atoms with E-state index in [2.05, 4.69) is 19.8 Å². The first kappa shape index (κ1) is 10.3. The summed E-state index contributed by atoms with van der Waals surface area (Å²) in [5.41, 5.74) is -0.233. The van der Waals surface area contributed by atoms with Gasteiger partial charge >= 0.3 is 0 Å². The zero-order valence-corrected chi connectivity index (χ0v) is 8.76. The Hall–Kier alpha value is -0.770. The molecule has 1 rings (SSSR count). The van der Waals surface area contributed by atoms with Crippen LogP contribution in [0.15, 0.2) is 0 Å². The lowest BCUT2D eigenvalue weighted by Gasteiger charge is -2.30. The number of carbonyl (C=O) groups is 1. The van der Waals surface area contributed by atoms with Gasteiger partial charge in [0.1, 0.15) is 5.78 Å². The molecule has 0 aromatic carbocycles. The Bertz CT molecular complexity index is 246. The number of carbonyl (C=O) groups excluding carboxylic acids is 1. The zero-order chi connectivity index (χ0) is 10.1. The van der Waals surface area contributed by atoms with Gasteiger partial charge in [0.25, 0.3) is 0 Å². The van der Waals surface area contributed by atoms with E-state index < -0.39 is 0 Å². The van der Waals surface area contributed by atoms with Crippen molar-refractivity contribution in [2.24, 2.45) is 17.3 Å². The maximum absolute atomic E-state index is 11.7. The van der Waals surface area contributed by atoms with E-state index in [4.69, 9.17) is 6.42 Å². The van der Waals surface area contributed by atoms with Gasteiger partial charge in [0.15, 0.2) is 0 Å². The summed E-state index contributed by atoms with van der Waals surface area (Å²) >= 11 is 0. The minimum atomic E-state index is -0.233. The fourth-order valence-electron chi connectivity index (χ4n) is 2.61. The summed E-state index contributed by atoms with van der Waals surface area (Å²) in [5, 5.41) is 0. The molecule has 1 nitrogen and oxygen atoms in total. The molecule has 0 bridgehead atoms. The molecule has 1 heteroatoms. The van der Waals surface area contributed by atoms with E-state index in [1.54, 1.807) is 0 Å². The molecule has 0 saturated heterocycles. The van der Waals surface area contributed by atoms with Crippen molar-refractivity contribution in [3.8, 4) is 12.3 Å². The maximum atomic E-state index is 11.7. The van der Waals surface area contributed by atoms with E-state index in [1.165, 1.54) is 0 Å². The van der Waals surface area contributed by atoms with Crippen LogP contribution in [0.3, 0.4) is 0 Å². The van der Waals surface area contributed by atoms with Gasteiger partial charge in [-0.15, -0.1) is 12.3 Å². The molecule has 1 fully saturated rings. The molecule has 1 aliphatic carbocycles. The Morgan fingerprint density at radius 2 is 2.31 bits per heavy atom. The normalized spacial score (nSPS) is 33.8. The van der Waals surface area contributed by atoms with Gasteiger partial charge in [-0.1, -0.05) is 20.8 Å². The van der Waals surface area contributed by atoms with Gasteiger partial charge in [0.05, 0.1) is 0 Å². The van der Waals surface area contributed by atoms with Crippen LogP contribution in [0.25, 0.3) is 0 Å². The number of rotatable bonds is 2. The van der Waals surface area contributed by atoms with Crippen LogP contribution < -0.4 is 0 Å². The predicted octanol–water partition coefficient (Wildman–Crippen LogP) is 2.65. The molecule has 0 aromatic rings. The Labute approximate surface area is 80.9 Å². The minimum Gasteiger partial charge on any atom is -0.299 e.